The number of pyridine rings is 1. The predicted molar refractivity (Wildman–Crippen MR) is 106 cm³/mol. The minimum Gasteiger partial charge on any atom is -0.312 e. The average molecular weight is 450 g/mol. The van der Waals surface area contributed by atoms with Crippen LogP contribution in [0.25, 0.3) is 0 Å². The second-order valence-corrected chi connectivity index (χ2v) is 6.92. The molecule has 0 saturated carbocycles. The van der Waals surface area contributed by atoms with Crippen LogP contribution in [0.5, 0.6) is 0 Å². The molecule has 4 nitrogen and oxygen atoms in total. The molecule has 0 saturated heterocycles. The van der Waals surface area contributed by atoms with Crippen LogP contribution in [0.2, 0.25) is 10.0 Å². The highest BCUT2D eigenvalue weighted by Gasteiger charge is 2.13. The van der Waals surface area contributed by atoms with Crippen LogP contribution >= 0.6 is 39.1 Å². The average Bonchev–Trinajstić information content (AvgIpc) is 2.66. The lowest BCUT2D eigenvalue weighted by atomic mass is 10.0. The fourth-order valence-electron chi connectivity index (χ4n) is 2.15. The molecule has 0 unspecified atom stereocenters. The number of benzene rings is 2. The number of aromatic nitrogens is 1. The molecule has 0 aliphatic heterocycles. The minimum absolute atomic E-state index is 0.257. The Hall–Kier alpha value is -2.21. The molecule has 0 amide bonds. The topological polar surface area (TPSA) is 51.5 Å². The van der Waals surface area contributed by atoms with E-state index >= 15 is 0 Å². The summed E-state index contributed by atoms with van der Waals surface area (Å²) in [5, 5.41) is 4.70. The summed E-state index contributed by atoms with van der Waals surface area (Å²) in [4.78, 5) is 21.4. The molecular weight excluding hydrogens is 439 g/mol. The molecule has 0 bridgehead atoms. The first-order valence-electron chi connectivity index (χ1n) is 7.45. The van der Waals surface area contributed by atoms with Crippen molar-refractivity contribution in [2.45, 2.75) is 0 Å². The summed E-state index contributed by atoms with van der Waals surface area (Å²) >= 11 is 15.2. The zero-order valence-corrected chi connectivity index (χ0v) is 16.3. The Morgan fingerprint density at radius 2 is 1.50 bits per heavy atom. The third-order valence-electron chi connectivity index (χ3n) is 3.45. The fourth-order valence-corrected chi connectivity index (χ4v) is 2.71. The first-order chi connectivity index (χ1) is 12.5. The maximum Gasteiger partial charge on any atom is 0.365 e. The van der Waals surface area contributed by atoms with Gasteiger partial charge in [0.25, 0.3) is 0 Å². The van der Waals surface area contributed by atoms with Gasteiger partial charge in [-0.3, -0.25) is 4.98 Å². The van der Waals surface area contributed by atoms with Crippen molar-refractivity contribution in [1.29, 1.82) is 0 Å². The molecular formula is C19H11BrCl2N2O2. The number of rotatable bonds is 4. The third-order valence-corrected chi connectivity index (χ3v) is 4.71. The Labute approximate surface area is 168 Å². The van der Waals surface area contributed by atoms with Crippen LogP contribution in [0.3, 0.4) is 0 Å². The molecule has 1 heterocycles. The molecule has 2 aromatic carbocycles. The van der Waals surface area contributed by atoms with Gasteiger partial charge in [-0.2, -0.15) is 0 Å². The SMILES string of the molecule is O=C(O/N=C(\c1ccncc1)c1ccc(Br)cc1)c1ccc(Cl)c(Cl)c1. The van der Waals surface area contributed by atoms with Gasteiger partial charge in [0.2, 0.25) is 0 Å². The van der Waals surface area contributed by atoms with Gasteiger partial charge in [-0.05, 0) is 42.5 Å². The molecule has 0 atom stereocenters. The van der Waals surface area contributed by atoms with Gasteiger partial charge in [-0.25, -0.2) is 4.79 Å². The highest BCUT2D eigenvalue weighted by Crippen LogP contribution is 2.23. The van der Waals surface area contributed by atoms with Crippen molar-refractivity contribution >= 4 is 50.8 Å². The van der Waals surface area contributed by atoms with Gasteiger partial charge in [0.15, 0.2) is 0 Å². The van der Waals surface area contributed by atoms with Crippen molar-refractivity contribution in [3.63, 3.8) is 0 Å². The first kappa shape index (κ1) is 18.6. The Morgan fingerprint density at radius 3 is 2.15 bits per heavy atom. The van der Waals surface area contributed by atoms with E-state index in [9.17, 15) is 4.79 Å². The summed E-state index contributed by atoms with van der Waals surface area (Å²) in [6.45, 7) is 0. The molecule has 3 aromatic rings. The Bertz CT molecular complexity index is 961. The molecule has 0 spiro atoms. The molecule has 7 heteroatoms. The summed E-state index contributed by atoms with van der Waals surface area (Å²) in [7, 11) is 0. The van der Waals surface area contributed by atoms with Crippen molar-refractivity contribution in [2.24, 2.45) is 5.16 Å². The Morgan fingerprint density at radius 1 is 0.885 bits per heavy atom. The maximum atomic E-state index is 12.3. The van der Waals surface area contributed by atoms with Crippen LogP contribution in [-0.2, 0) is 4.84 Å². The minimum atomic E-state index is -0.632. The first-order valence-corrected chi connectivity index (χ1v) is 9.00. The summed E-state index contributed by atoms with van der Waals surface area (Å²) in [6.07, 6.45) is 3.29. The van der Waals surface area contributed by atoms with E-state index in [2.05, 4.69) is 26.1 Å². The van der Waals surface area contributed by atoms with Gasteiger partial charge in [0.05, 0.1) is 15.6 Å². The van der Waals surface area contributed by atoms with Gasteiger partial charge in [0.1, 0.15) is 5.71 Å². The van der Waals surface area contributed by atoms with E-state index < -0.39 is 5.97 Å². The largest absolute Gasteiger partial charge is 0.365 e. The molecule has 0 aliphatic rings. The maximum absolute atomic E-state index is 12.3. The van der Waals surface area contributed by atoms with E-state index in [1.54, 1.807) is 24.5 Å². The monoisotopic (exact) mass is 448 g/mol. The van der Waals surface area contributed by atoms with Crippen molar-refractivity contribution in [3.8, 4) is 0 Å². The molecule has 0 N–H and O–H groups in total. The molecule has 0 fully saturated rings. The summed E-state index contributed by atoms with van der Waals surface area (Å²) in [5.41, 5.74) is 2.33. The highest BCUT2D eigenvalue weighted by molar-refractivity contribution is 9.10. The van der Waals surface area contributed by atoms with Crippen molar-refractivity contribution in [3.05, 3.63) is 98.2 Å². The van der Waals surface area contributed by atoms with E-state index in [1.165, 1.54) is 18.2 Å². The number of carbonyl (C=O) groups is 1. The molecule has 26 heavy (non-hydrogen) atoms. The summed E-state index contributed by atoms with van der Waals surface area (Å²) < 4.78 is 0.933. The van der Waals surface area contributed by atoms with Crippen LogP contribution in [0.4, 0.5) is 0 Å². The van der Waals surface area contributed by atoms with Crippen LogP contribution in [0, 0.1) is 0 Å². The Kier molecular flexibility index (Phi) is 6.04. The number of carbonyl (C=O) groups excluding carboxylic acids is 1. The van der Waals surface area contributed by atoms with E-state index in [0.717, 1.165) is 15.6 Å². The second-order valence-electron chi connectivity index (χ2n) is 5.19. The smallest absolute Gasteiger partial charge is 0.312 e. The van der Waals surface area contributed by atoms with Crippen LogP contribution in [0.1, 0.15) is 21.5 Å². The molecule has 1 aromatic heterocycles. The predicted octanol–water partition coefficient (Wildman–Crippen LogP) is 5.76. The van der Waals surface area contributed by atoms with Crippen molar-refractivity contribution < 1.29 is 9.63 Å². The van der Waals surface area contributed by atoms with Gasteiger partial charge >= 0.3 is 5.97 Å². The second kappa shape index (κ2) is 8.45. The van der Waals surface area contributed by atoms with Crippen LogP contribution < -0.4 is 0 Å². The normalized spacial score (nSPS) is 11.3. The van der Waals surface area contributed by atoms with Gasteiger partial charge in [-0.15, -0.1) is 0 Å². The Balaban J connectivity index is 1.92. The molecule has 0 radical (unpaired) electrons. The quantitative estimate of drug-likeness (QED) is 0.289. The zero-order chi connectivity index (χ0) is 18.5. The molecule has 0 aliphatic carbocycles. The van der Waals surface area contributed by atoms with E-state index in [1.807, 2.05) is 24.3 Å². The van der Waals surface area contributed by atoms with Crippen molar-refractivity contribution in [2.75, 3.05) is 0 Å². The van der Waals surface area contributed by atoms with Gasteiger partial charge in [-0.1, -0.05) is 56.4 Å². The number of hydrogen-bond acceptors (Lipinski definition) is 4. The lowest BCUT2D eigenvalue weighted by Crippen LogP contribution is -2.08. The molecule has 130 valence electrons. The van der Waals surface area contributed by atoms with Gasteiger partial charge in [0, 0.05) is 28.0 Å². The number of halogens is 3. The lowest BCUT2D eigenvalue weighted by molar-refractivity contribution is 0.0517. The number of nitrogens with zero attached hydrogens (tertiary/aromatic N) is 2. The lowest BCUT2D eigenvalue weighted by Gasteiger charge is -2.07. The van der Waals surface area contributed by atoms with Gasteiger partial charge < -0.3 is 4.84 Å². The van der Waals surface area contributed by atoms with E-state index in [0.29, 0.717) is 10.7 Å². The third kappa shape index (κ3) is 4.49. The summed E-state index contributed by atoms with van der Waals surface area (Å²) in [5.74, 6) is -0.632. The van der Waals surface area contributed by atoms with E-state index in [4.69, 9.17) is 28.0 Å². The number of hydrogen-bond donors (Lipinski definition) is 0. The standard InChI is InChI=1S/C19H11BrCl2N2O2/c20-15-4-1-12(2-5-15)18(13-7-9-23-10-8-13)24-26-19(25)14-3-6-16(21)17(22)11-14/h1-11H/b24-18-. The van der Waals surface area contributed by atoms with Crippen LogP contribution in [0.15, 0.2) is 76.6 Å². The summed E-state index contributed by atoms with van der Waals surface area (Å²) in [6, 6.07) is 15.6. The number of oxime groups is 1. The molecule has 3 rings (SSSR count). The van der Waals surface area contributed by atoms with E-state index in [-0.39, 0.29) is 10.6 Å². The highest BCUT2D eigenvalue weighted by atomic mass is 79.9. The zero-order valence-electron chi connectivity index (χ0n) is 13.2. The van der Waals surface area contributed by atoms with Crippen molar-refractivity contribution in [1.82, 2.24) is 4.98 Å². The van der Waals surface area contributed by atoms with Crippen LogP contribution in [-0.4, -0.2) is 16.7 Å². The fraction of sp³-hybridized carbons (Fsp3) is 0.